The van der Waals surface area contributed by atoms with Gasteiger partial charge in [0.2, 0.25) is 0 Å². The van der Waals surface area contributed by atoms with Crippen LogP contribution >= 0.6 is 23.6 Å². The Labute approximate surface area is 166 Å². The fraction of sp³-hybridized carbons (Fsp3) is 0.316. The summed E-state index contributed by atoms with van der Waals surface area (Å²) in [6, 6.07) is 8.83. The molecule has 1 amide bonds. The molecule has 0 N–H and O–H groups in total. The van der Waals surface area contributed by atoms with Crippen LogP contribution in [0.1, 0.15) is 18.2 Å². The highest BCUT2D eigenvalue weighted by Crippen LogP contribution is 2.28. The fourth-order valence-electron chi connectivity index (χ4n) is 2.98. The Kier molecular flexibility index (Phi) is 6.18. The number of esters is 1. The van der Waals surface area contributed by atoms with E-state index < -0.39 is 17.8 Å². The second kappa shape index (κ2) is 8.58. The van der Waals surface area contributed by atoms with E-state index in [0.29, 0.717) is 23.8 Å². The lowest BCUT2D eigenvalue weighted by atomic mass is 10.1. The Morgan fingerprint density at radius 1 is 1.30 bits per heavy atom. The first-order valence-electron chi connectivity index (χ1n) is 8.59. The number of nitrogens with zero attached hydrogens (tertiary/aromatic N) is 2. The molecule has 1 fully saturated rings. The van der Waals surface area contributed by atoms with Crippen molar-refractivity contribution in [1.29, 1.82) is 0 Å². The van der Waals surface area contributed by atoms with Gasteiger partial charge in [0.05, 0.1) is 18.7 Å². The maximum absolute atomic E-state index is 13.2. The Balaban J connectivity index is 1.84. The molecule has 1 aromatic heterocycles. The number of hydrogen-bond donors (Lipinski definition) is 0. The van der Waals surface area contributed by atoms with Gasteiger partial charge in [-0.1, -0.05) is 6.07 Å². The minimum absolute atomic E-state index is 0.0745. The number of amides is 1. The largest absolute Gasteiger partial charge is 0.466 e. The minimum Gasteiger partial charge on any atom is -0.466 e. The van der Waals surface area contributed by atoms with Gasteiger partial charge in [0.15, 0.2) is 5.11 Å². The van der Waals surface area contributed by atoms with Gasteiger partial charge < -0.3 is 9.64 Å². The van der Waals surface area contributed by atoms with Crippen LogP contribution in [-0.2, 0) is 20.7 Å². The summed E-state index contributed by atoms with van der Waals surface area (Å²) >= 11 is 7.16. The molecular formula is C19H19FN2O3S2. The normalized spacial score (nSPS) is 16.9. The average molecular weight is 407 g/mol. The zero-order chi connectivity index (χ0) is 19.4. The number of thiophene rings is 1. The van der Waals surface area contributed by atoms with Crippen LogP contribution < -0.4 is 4.90 Å². The molecule has 0 bridgehead atoms. The molecule has 8 heteroatoms. The molecule has 0 aliphatic carbocycles. The van der Waals surface area contributed by atoms with Crippen molar-refractivity contribution in [1.82, 2.24) is 4.90 Å². The second-order valence-electron chi connectivity index (χ2n) is 5.98. The highest BCUT2D eigenvalue weighted by atomic mass is 32.1. The topological polar surface area (TPSA) is 49.9 Å². The molecule has 1 aliphatic rings. The summed E-state index contributed by atoms with van der Waals surface area (Å²) in [5.74, 6) is -1.14. The van der Waals surface area contributed by atoms with Crippen LogP contribution in [-0.4, -0.2) is 41.1 Å². The molecule has 1 aromatic carbocycles. The molecule has 1 unspecified atom stereocenters. The highest BCUT2D eigenvalue weighted by Gasteiger charge is 2.44. The lowest BCUT2D eigenvalue weighted by Crippen LogP contribution is -2.38. The van der Waals surface area contributed by atoms with Crippen molar-refractivity contribution in [3.63, 3.8) is 0 Å². The first-order valence-corrected chi connectivity index (χ1v) is 9.88. The molecule has 2 heterocycles. The lowest BCUT2D eigenvalue weighted by Gasteiger charge is -2.23. The van der Waals surface area contributed by atoms with E-state index >= 15 is 0 Å². The monoisotopic (exact) mass is 406 g/mol. The Hall–Kier alpha value is -2.32. The molecule has 27 heavy (non-hydrogen) atoms. The van der Waals surface area contributed by atoms with E-state index in [4.69, 9.17) is 17.0 Å². The average Bonchev–Trinajstić information content (AvgIpc) is 3.23. The van der Waals surface area contributed by atoms with E-state index in [1.165, 1.54) is 34.0 Å². The molecule has 5 nitrogen and oxygen atoms in total. The van der Waals surface area contributed by atoms with Gasteiger partial charge in [-0.2, -0.15) is 0 Å². The number of thiocarbonyl (C=S) groups is 1. The van der Waals surface area contributed by atoms with Gasteiger partial charge in [0.1, 0.15) is 11.9 Å². The predicted octanol–water partition coefficient (Wildman–Crippen LogP) is 3.39. The summed E-state index contributed by atoms with van der Waals surface area (Å²) in [6.45, 7) is 2.48. The Morgan fingerprint density at radius 2 is 2.04 bits per heavy atom. The predicted molar refractivity (Wildman–Crippen MR) is 106 cm³/mol. The van der Waals surface area contributed by atoms with Crippen molar-refractivity contribution in [3.05, 3.63) is 52.5 Å². The number of ether oxygens (including phenoxy) is 1. The van der Waals surface area contributed by atoms with Crippen molar-refractivity contribution in [2.75, 3.05) is 18.1 Å². The Morgan fingerprint density at radius 3 is 2.67 bits per heavy atom. The lowest BCUT2D eigenvalue weighted by molar-refractivity contribution is -0.145. The zero-order valence-corrected chi connectivity index (χ0v) is 16.4. The number of carbonyl (C=O) groups excluding carboxylic acids is 2. The molecule has 1 atom stereocenters. The van der Waals surface area contributed by atoms with Gasteiger partial charge in [0, 0.05) is 11.4 Å². The second-order valence-corrected chi connectivity index (χ2v) is 7.38. The fourth-order valence-corrected chi connectivity index (χ4v) is 4.09. The third kappa shape index (κ3) is 4.33. The molecular weight excluding hydrogens is 387 g/mol. The zero-order valence-electron chi connectivity index (χ0n) is 14.8. The maximum Gasteiger partial charge on any atom is 0.308 e. The summed E-state index contributed by atoms with van der Waals surface area (Å²) in [4.78, 5) is 29.3. The SMILES string of the molecule is CCOC(=O)CC1C(=O)N(c2ccc(F)cc2)C(=S)N1CCc1cccs1. The molecule has 0 saturated carbocycles. The van der Waals surface area contributed by atoms with Gasteiger partial charge >= 0.3 is 5.97 Å². The number of hydrogen-bond acceptors (Lipinski definition) is 5. The van der Waals surface area contributed by atoms with E-state index in [-0.39, 0.29) is 18.9 Å². The van der Waals surface area contributed by atoms with E-state index in [9.17, 15) is 14.0 Å². The molecule has 142 valence electrons. The molecule has 3 rings (SSSR count). The van der Waals surface area contributed by atoms with Crippen molar-refractivity contribution in [2.45, 2.75) is 25.8 Å². The van der Waals surface area contributed by atoms with Crippen molar-refractivity contribution in [2.24, 2.45) is 0 Å². The Bertz CT molecular complexity index is 824. The molecule has 2 aromatic rings. The van der Waals surface area contributed by atoms with E-state index in [0.717, 1.165) is 0 Å². The summed E-state index contributed by atoms with van der Waals surface area (Å²) in [5, 5.41) is 2.31. The number of rotatable bonds is 7. The first-order chi connectivity index (χ1) is 13.0. The third-order valence-corrected chi connectivity index (χ3v) is 5.60. The molecule has 0 radical (unpaired) electrons. The van der Waals surface area contributed by atoms with E-state index in [1.807, 2.05) is 17.5 Å². The number of halogens is 1. The third-order valence-electron chi connectivity index (χ3n) is 4.25. The summed E-state index contributed by atoms with van der Waals surface area (Å²) < 4.78 is 18.3. The van der Waals surface area contributed by atoms with Crippen LogP contribution in [0.3, 0.4) is 0 Å². The summed E-state index contributed by atoms with van der Waals surface area (Å²) in [5.41, 5.74) is 0.485. The smallest absolute Gasteiger partial charge is 0.308 e. The van der Waals surface area contributed by atoms with Crippen molar-refractivity contribution in [3.8, 4) is 0 Å². The number of carbonyl (C=O) groups is 2. The molecule has 1 saturated heterocycles. The summed E-state index contributed by atoms with van der Waals surface area (Å²) in [6.07, 6.45) is 0.636. The van der Waals surface area contributed by atoms with Gasteiger partial charge in [-0.25, -0.2) is 4.39 Å². The van der Waals surface area contributed by atoms with Crippen LogP contribution in [0.15, 0.2) is 41.8 Å². The number of benzene rings is 1. The van der Waals surface area contributed by atoms with Crippen molar-refractivity contribution >= 4 is 46.2 Å². The number of anilines is 1. The van der Waals surface area contributed by atoms with Crippen LogP contribution in [0.4, 0.5) is 10.1 Å². The first kappa shape index (κ1) is 19.4. The van der Waals surface area contributed by atoms with Crippen LogP contribution in [0.25, 0.3) is 0 Å². The maximum atomic E-state index is 13.2. The van der Waals surface area contributed by atoms with Crippen molar-refractivity contribution < 1.29 is 18.7 Å². The summed E-state index contributed by atoms with van der Waals surface area (Å²) in [7, 11) is 0. The molecule has 1 aliphatic heterocycles. The van der Waals surface area contributed by atoms with Gasteiger partial charge in [-0.3, -0.25) is 14.5 Å². The highest BCUT2D eigenvalue weighted by molar-refractivity contribution is 7.80. The van der Waals surface area contributed by atoms with E-state index in [1.54, 1.807) is 23.2 Å². The van der Waals surface area contributed by atoms with Crippen LogP contribution in [0.2, 0.25) is 0 Å². The van der Waals surface area contributed by atoms with Crippen LogP contribution in [0, 0.1) is 5.82 Å². The van der Waals surface area contributed by atoms with Gasteiger partial charge in [-0.05, 0) is 61.3 Å². The minimum atomic E-state index is -0.721. The van der Waals surface area contributed by atoms with Gasteiger partial charge in [-0.15, -0.1) is 11.3 Å². The van der Waals surface area contributed by atoms with Crippen LogP contribution in [0.5, 0.6) is 0 Å². The van der Waals surface area contributed by atoms with Gasteiger partial charge in [0.25, 0.3) is 5.91 Å². The standard InChI is InChI=1S/C19H19FN2O3S2/c1-2-25-17(23)12-16-18(24)22(14-7-5-13(20)6-8-14)19(26)21(16)10-9-15-4-3-11-27-15/h3-8,11,16H,2,9-10,12H2,1H3. The quantitative estimate of drug-likeness (QED) is 0.521. The molecule has 0 spiro atoms. The van der Waals surface area contributed by atoms with E-state index in [2.05, 4.69) is 0 Å².